The van der Waals surface area contributed by atoms with Crippen molar-refractivity contribution in [2.45, 2.75) is 36.7 Å². The Labute approximate surface area is 132 Å². The minimum Gasteiger partial charge on any atom is -0.352 e. The Hall–Kier alpha value is -2.03. The third kappa shape index (κ3) is 3.49. The molecule has 126 valence electrons. The van der Waals surface area contributed by atoms with Crippen molar-refractivity contribution in [3.05, 3.63) is 36.7 Å². The summed E-state index contributed by atoms with van der Waals surface area (Å²) in [5.41, 5.74) is -5.43. The molecule has 0 unspecified atom stereocenters. The normalized spacial score (nSPS) is 13.1. The second-order valence-corrected chi connectivity index (χ2v) is 7.82. The molecule has 0 spiro atoms. The Morgan fingerprint density at radius 3 is 2.26 bits per heavy atom. The van der Waals surface area contributed by atoms with Gasteiger partial charge in [-0.15, -0.1) is 0 Å². The smallest absolute Gasteiger partial charge is 0.352 e. The molecular weight excluding hydrogens is 331 g/mol. The van der Waals surface area contributed by atoms with E-state index in [-0.39, 0.29) is 11.2 Å². The monoisotopic (exact) mass is 347 g/mol. The summed E-state index contributed by atoms with van der Waals surface area (Å²) in [6, 6.07) is 4.88. The molecule has 5 nitrogen and oxygen atoms in total. The molecule has 0 atom stereocenters. The van der Waals surface area contributed by atoms with Gasteiger partial charge in [0.2, 0.25) is 0 Å². The lowest BCUT2D eigenvalue weighted by Gasteiger charge is -2.18. The number of para-hydroxylation sites is 1. The van der Waals surface area contributed by atoms with Gasteiger partial charge in [-0.05, 0) is 32.9 Å². The number of halogens is 3. The summed E-state index contributed by atoms with van der Waals surface area (Å²) < 4.78 is 63.2. The first kappa shape index (κ1) is 17.3. The first-order valence-electron chi connectivity index (χ1n) is 6.65. The number of sulfone groups is 1. The molecule has 0 aliphatic heterocycles. The van der Waals surface area contributed by atoms with Gasteiger partial charge in [0.1, 0.15) is 0 Å². The van der Waals surface area contributed by atoms with Crippen molar-refractivity contribution in [2.24, 2.45) is 0 Å². The third-order valence-corrected chi connectivity index (χ3v) is 4.57. The standard InChI is InChI=1S/C14H16F3N3O2S/c1-13(2,3)20-9-10(8-18-20)19-11-6-4-5-7-12(11)23(21,22)14(15,16)17/h4-9,19H,1-3H3. The number of anilines is 2. The fraction of sp³-hybridized carbons (Fsp3) is 0.357. The van der Waals surface area contributed by atoms with Crippen LogP contribution in [-0.4, -0.2) is 23.7 Å². The molecule has 0 bridgehead atoms. The molecule has 2 rings (SSSR count). The summed E-state index contributed by atoms with van der Waals surface area (Å²) in [5.74, 6) is 0. The van der Waals surface area contributed by atoms with Gasteiger partial charge in [-0.2, -0.15) is 18.3 Å². The van der Waals surface area contributed by atoms with Crippen LogP contribution in [0.1, 0.15) is 20.8 Å². The van der Waals surface area contributed by atoms with Crippen molar-refractivity contribution in [1.29, 1.82) is 0 Å². The molecule has 0 amide bonds. The van der Waals surface area contributed by atoms with E-state index in [1.165, 1.54) is 24.4 Å². The molecular formula is C14H16F3N3O2S. The van der Waals surface area contributed by atoms with E-state index in [2.05, 4.69) is 10.4 Å². The van der Waals surface area contributed by atoms with Crippen LogP contribution in [0.2, 0.25) is 0 Å². The van der Waals surface area contributed by atoms with E-state index in [4.69, 9.17) is 0 Å². The molecule has 0 saturated heterocycles. The predicted octanol–water partition coefficient (Wildman–Crippen LogP) is 3.68. The van der Waals surface area contributed by atoms with Gasteiger partial charge in [-0.1, -0.05) is 12.1 Å². The third-order valence-electron chi connectivity index (χ3n) is 3.03. The zero-order chi connectivity index (χ0) is 17.5. The highest BCUT2D eigenvalue weighted by atomic mass is 32.2. The van der Waals surface area contributed by atoms with Crippen molar-refractivity contribution in [3.8, 4) is 0 Å². The quantitative estimate of drug-likeness (QED) is 0.920. The van der Waals surface area contributed by atoms with Gasteiger partial charge in [-0.25, -0.2) is 8.42 Å². The highest BCUT2D eigenvalue weighted by Crippen LogP contribution is 2.35. The molecule has 0 aliphatic rings. The van der Waals surface area contributed by atoms with Crippen LogP contribution < -0.4 is 5.32 Å². The molecule has 1 heterocycles. The number of aromatic nitrogens is 2. The second-order valence-electron chi connectivity index (χ2n) is 5.91. The molecule has 0 radical (unpaired) electrons. The minimum atomic E-state index is -5.44. The van der Waals surface area contributed by atoms with E-state index in [0.29, 0.717) is 5.69 Å². The lowest BCUT2D eigenvalue weighted by molar-refractivity contribution is -0.0435. The summed E-state index contributed by atoms with van der Waals surface area (Å²) in [4.78, 5) is -0.823. The molecule has 1 aromatic heterocycles. The minimum absolute atomic E-state index is 0.154. The van der Waals surface area contributed by atoms with Crippen molar-refractivity contribution in [1.82, 2.24) is 9.78 Å². The maximum absolute atomic E-state index is 12.8. The van der Waals surface area contributed by atoms with Gasteiger partial charge in [-0.3, -0.25) is 4.68 Å². The molecule has 23 heavy (non-hydrogen) atoms. The zero-order valence-electron chi connectivity index (χ0n) is 12.7. The average molecular weight is 347 g/mol. The number of benzene rings is 1. The van der Waals surface area contributed by atoms with E-state index in [9.17, 15) is 21.6 Å². The average Bonchev–Trinajstić information content (AvgIpc) is 2.86. The predicted molar refractivity (Wildman–Crippen MR) is 80.2 cm³/mol. The summed E-state index contributed by atoms with van der Waals surface area (Å²) in [7, 11) is -5.44. The van der Waals surface area contributed by atoms with Gasteiger partial charge in [0.15, 0.2) is 0 Å². The lowest BCUT2D eigenvalue weighted by atomic mass is 10.1. The highest BCUT2D eigenvalue weighted by molar-refractivity contribution is 7.92. The number of alkyl halides is 3. The van der Waals surface area contributed by atoms with Crippen molar-refractivity contribution in [3.63, 3.8) is 0 Å². The van der Waals surface area contributed by atoms with Crippen LogP contribution in [0.4, 0.5) is 24.5 Å². The molecule has 1 aromatic carbocycles. The SMILES string of the molecule is CC(C)(C)n1cc(Nc2ccccc2S(=O)(=O)C(F)(F)F)cn1. The van der Waals surface area contributed by atoms with Gasteiger partial charge >= 0.3 is 5.51 Å². The van der Waals surface area contributed by atoms with Crippen molar-refractivity contribution in [2.75, 3.05) is 5.32 Å². The fourth-order valence-corrected chi connectivity index (χ4v) is 2.75. The molecule has 0 fully saturated rings. The van der Waals surface area contributed by atoms with E-state index in [1.807, 2.05) is 20.8 Å². The maximum Gasteiger partial charge on any atom is 0.501 e. The van der Waals surface area contributed by atoms with Crippen LogP contribution in [0.3, 0.4) is 0 Å². The van der Waals surface area contributed by atoms with Crippen LogP contribution in [0.15, 0.2) is 41.6 Å². The van der Waals surface area contributed by atoms with Crippen LogP contribution in [-0.2, 0) is 15.4 Å². The van der Waals surface area contributed by atoms with Crippen LogP contribution in [0, 0.1) is 0 Å². The molecule has 0 aliphatic carbocycles. The Balaban J connectivity index is 2.42. The highest BCUT2D eigenvalue weighted by Gasteiger charge is 2.47. The molecule has 0 saturated carbocycles. The van der Waals surface area contributed by atoms with Crippen LogP contribution >= 0.6 is 0 Å². The van der Waals surface area contributed by atoms with E-state index in [1.54, 1.807) is 10.9 Å². The lowest BCUT2D eigenvalue weighted by Crippen LogP contribution is -2.24. The molecule has 9 heteroatoms. The van der Waals surface area contributed by atoms with Gasteiger partial charge in [0, 0.05) is 6.20 Å². The summed E-state index contributed by atoms with van der Waals surface area (Å²) in [6.07, 6.45) is 3.01. The Kier molecular flexibility index (Phi) is 4.18. The number of rotatable bonds is 3. The number of hydrogen-bond acceptors (Lipinski definition) is 4. The number of nitrogens with zero attached hydrogens (tertiary/aromatic N) is 2. The topological polar surface area (TPSA) is 64.0 Å². The summed E-state index contributed by atoms with van der Waals surface area (Å²) in [5, 5.41) is 6.79. The Morgan fingerprint density at radius 1 is 1.13 bits per heavy atom. The van der Waals surface area contributed by atoms with Crippen LogP contribution in [0.25, 0.3) is 0 Å². The maximum atomic E-state index is 12.8. The molecule has 2 aromatic rings. The van der Waals surface area contributed by atoms with E-state index >= 15 is 0 Å². The van der Waals surface area contributed by atoms with E-state index < -0.39 is 20.2 Å². The van der Waals surface area contributed by atoms with Gasteiger partial charge < -0.3 is 5.32 Å². The van der Waals surface area contributed by atoms with Gasteiger partial charge in [0.25, 0.3) is 9.84 Å². The summed E-state index contributed by atoms with van der Waals surface area (Å²) >= 11 is 0. The largest absolute Gasteiger partial charge is 0.501 e. The zero-order valence-corrected chi connectivity index (χ0v) is 13.5. The number of nitrogens with one attached hydrogen (secondary N) is 1. The van der Waals surface area contributed by atoms with Gasteiger partial charge in [0.05, 0.1) is 28.0 Å². The second kappa shape index (κ2) is 5.55. The van der Waals surface area contributed by atoms with Crippen LogP contribution in [0.5, 0.6) is 0 Å². The number of hydrogen-bond donors (Lipinski definition) is 1. The Morgan fingerprint density at radius 2 is 1.74 bits per heavy atom. The first-order chi connectivity index (χ1) is 10.4. The van der Waals surface area contributed by atoms with Crippen molar-refractivity contribution >= 4 is 21.2 Å². The fourth-order valence-electron chi connectivity index (χ4n) is 1.84. The van der Waals surface area contributed by atoms with Crippen molar-refractivity contribution < 1.29 is 21.6 Å². The first-order valence-corrected chi connectivity index (χ1v) is 8.14. The summed E-state index contributed by atoms with van der Waals surface area (Å²) in [6.45, 7) is 5.73. The Bertz CT molecular complexity index is 805. The van der Waals surface area contributed by atoms with E-state index in [0.717, 1.165) is 6.07 Å². The molecule has 1 N–H and O–H groups in total.